The summed E-state index contributed by atoms with van der Waals surface area (Å²) in [5.74, 6) is -0.803. The third kappa shape index (κ3) is 1.78. The van der Waals surface area contributed by atoms with Gasteiger partial charge in [0, 0.05) is 11.1 Å². The third-order valence-corrected chi connectivity index (χ3v) is 2.89. The van der Waals surface area contributed by atoms with Crippen LogP contribution in [0.1, 0.15) is 35.7 Å². The molecule has 3 heteroatoms. The van der Waals surface area contributed by atoms with Crippen molar-refractivity contribution in [3.8, 4) is 0 Å². The van der Waals surface area contributed by atoms with E-state index >= 15 is 0 Å². The van der Waals surface area contributed by atoms with Gasteiger partial charge in [0.15, 0.2) is 5.76 Å². The molecule has 0 spiro atoms. The van der Waals surface area contributed by atoms with Gasteiger partial charge in [-0.1, -0.05) is 37.6 Å². The molecule has 0 N–H and O–H groups in total. The smallest absolute Gasteiger partial charge is 0.268 e. The van der Waals surface area contributed by atoms with E-state index in [1.165, 1.54) is 7.11 Å². The minimum Gasteiger partial charge on any atom is -0.492 e. The molecule has 0 bridgehead atoms. The number of hydrogen-bond donors (Lipinski definition) is 0. The Kier molecular flexibility index (Phi) is 3.09. The molecule has 88 valence electrons. The van der Waals surface area contributed by atoms with Gasteiger partial charge in [-0.15, -0.1) is 0 Å². The first-order valence-electron chi connectivity index (χ1n) is 5.66. The first kappa shape index (κ1) is 11.6. The van der Waals surface area contributed by atoms with Crippen LogP contribution in [0.2, 0.25) is 0 Å². The molecule has 0 saturated carbocycles. The first-order chi connectivity index (χ1) is 8.20. The number of fused-ring (bicyclic) bond motifs is 1. The fourth-order valence-electron chi connectivity index (χ4n) is 2.14. The molecule has 3 nitrogen and oxygen atoms in total. The zero-order valence-electron chi connectivity index (χ0n) is 9.95. The molecule has 2 rings (SSSR count). The summed E-state index contributed by atoms with van der Waals surface area (Å²) in [5, 5.41) is 0. The average Bonchev–Trinajstić information content (AvgIpc) is 2.36. The molecule has 0 fully saturated rings. The Bertz CT molecular complexity index is 512. The molecule has 0 atom stereocenters. The Labute approximate surface area is 100 Å². The van der Waals surface area contributed by atoms with Gasteiger partial charge in [0.1, 0.15) is 0 Å². The Morgan fingerprint density at radius 2 is 1.71 bits per heavy atom. The molecule has 0 saturated heterocycles. The van der Waals surface area contributed by atoms with E-state index in [2.05, 4.69) is 0 Å². The number of methoxy groups -OCH3 is 1. The largest absolute Gasteiger partial charge is 0.492 e. The minimum atomic E-state index is -0.533. The van der Waals surface area contributed by atoms with Crippen LogP contribution in [0.3, 0.4) is 0 Å². The van der Waals surface area contributed by atoms with Gasteiger partial charge in [-0.2, -0.15) is 0 Å². The fourth-order valence-corrected chi connectivity index (χ4v) is 2.14. The van der Waals surface area contributed by atoms with Crippen LogP contribution in [0.25, 0.3) is 5.57 Å². The van der Waals surface area contributed by atoms with Crippen LogP contribution in [0, 0.1) is 0 Å². The summed E-state index contributed by atoms with van der Waals surface area (Å²) in [7, 11) is 1.43. The van der Waals surface area contributed by atoms with Gasteiger partial charge < -0.3 is 4.74 Å². The van der Waals surface area contributed by atoms with Crippen molar-refractivity contribution in [1.29, 1.82) is 0 Å². The van der Waals surface area contributed by atoms with Crippen LogP contribution in [0.4, 0.5) is 0 Å². The third-order valence-electron chi connectivity index (χ3n) is 2.89. The van der Waals surface area contributed by atoms with Crippen LogP contribution < -0.4 is 0 Å². The molecule has 0 radical (unpaired) electrons. The number of hydrogen-bond acceptors (Lipinski definition) is 3. The first-order valence-corrected chi connectivity index (χ1v) is 5.66. The van der Waals surface area contributed by atoms with Crippen LogP contribution in [0.5, 0.6) is 0 Å². The van der Waals surface area contributed by atoms with Crippen LogP contribution in [-0.2, 0) is 9.53 Å². The van der Waals surface area contributed by atoms with Gasteiger partial charge in [-0.05, 0) is 12.0 Å². The molecular weight excluding hydrogens is 216 g/mol. The molecule has 1 aliphatic rings. The molecule has 0 unspecified atom stereocenters. The zero-order valence-corrected chi connectivity index (χ0v) is 9.95. The van der Waals surface area contributed by atoms with Gasteiger partial charge in [-0.3, -0.25) is 9.59 Å². The lowest BCUT2D eigenvalue weighted by atomic mass is 9.86. The van der Waals surface area contributed by atoms with E-state index in [0.717, 1.165) is 24.0 Å². The molecule has 17 heavy (non-hydrogen) atoms. The monoisotopic (exact) mass is 230 g/mol. The van der Waals surface area contributed by atoms with Gasteiger partial charge in [0.05, 0.1) is 7.11 Å². The topological polar surface area (TPSA) is 43.4 Å². The van der Waals surface area contributed by atoms with E-state index in [-0.39, 0.29) is 5.76 Å². The maximum Gasteiger partial charge on any atom is 0.268 e. The van der Waals surface area contributed by atoms with Crippen LogP contribution >= 0.6 is 0 Å². The summed E-state index contributed by atoms with van der Waals surface area (Å²) in [5.41, 5.74) is 2.16. The lowest BCUT2D eigenvalue weighted by Gasteiger charge is -2.20. The van der Waals surface area contributed by atoms with Crippen LogP contribution in [0.15, 0.2) is 30.0 Å². The highest BCUT2D eigenvalue weighted by Crippen LogP contribution is 2.32. The minimum absolute atomic E-state index is 0.204. The van der Waals surface area contributed by atoms with Crippen molar-refractivity contribution in [3.63, 3.8) is 0 Å². The van der Waals surface area contributed by atoms with Gasteiger partial charge in [0.2, 0.25) is 5.78 Å². The summed E-state index contributed by atoms with van der Waals surface area (Å²) in [6.45, 7) is 2.03. The molecule has 0 aromatic heterocycles. The van der Waals surface area contributed by atoms with Crippen LogP contribution in [-0.4, -0.2) is 18.7 Å². The quantitative estimate of drug-likeness (QED) is 0.750. The maximum atomic E-state index is 11.9. The number of allylic oxidation sites excluding steroid dienone is 2. The number of ether oxygens (including phenoxy) is 1. The van der Waals surface area contributed by atoms with E-state index in [1.54, 1.807) is 12.1 Å². The van der Waals surface area contributed by atoms with Crippen molar-refractivity contribution in [3.05, 3.63) is 41.2 Å². The maximum absolute atomic E-state index is 11.9. The van der Waals surface area contributed by atoms with Crippen molar-refractivity contribution in [2.45, 2.75) is 19.8 Å². The van der Waals surface area contributed by atoms with E-state index in [1.807, 2.05) is 19.1 Å². The predicted molar refractivity (Wildman–Crippen MR) is 64.6 cm³/mol. The van der Waals surface area contributed by atoms with E-state index in [0.29, 0.717) is 5.56 Å². The molecule has 0 amide bonds. The molecule has 1 aromatic carbocycles. The zero-order chi connectivity index (χ0) is 12.4. The second kappa shape index (κ2) is 4.53. The van der Waals surface area contributed by atoms with Crippen molar-refractivity contribution in [2.24, 2.45) is 0 Å². The Morgan fingerprint density at radius 3 is 2.29 bits per heavy atom. The second-order valence-corrected chi connectivity index (χ2v) is 3.97. The summed E-state index contributed by atoms with van der Waals surface area (Å²) in [6, 6.07) is 7.19. The van der Waals surface area contributed by atoms with E-state index < -0.39 is 11.6 Å². The standard InChI is InChI=1S/C14H14O3/c1-3-6-11-9-7-4-5-8-10(9)12(15)13(16)14(11)17-2/h4-5,7-8H,3,6H2,1-2H3. The number of benzene rings is 1. The predicted octanol–water partition coefficient (Wildman–Crippen LogP) is 2.61. The summed E-state index contributed by atoms with van der Waals surface area (Å²) in [6.07, 6.45) is 1.64. The number of ketones is 2. The van der Waals surface area contributed by atoms with Crippen molar-refractivity contribution in [2.75, 3.05) is 7.11 Å². The summed E-state index contributed by atoms with van der Waals surface area (Å²) < 4.78 is 5.11. The molecule has 0 aliphatic heterocycles. The highest BCUT2D eigenvalue weighted by atomic mass is 16.5. The Morgan fingerprint density at radius 1 is 1.06 bits per heavy atom. The van der Waals surface area contributed by atoms with Crippen molar-refractivity contribution < 1.29 is 14.3 Å². The van der Waals surface area contributed by atoms with Crippen molar-refractivity contribution >= 4 is 17.1 Å². The Hall–Kier alpha value is -1.90. The fraction of sp³-hybridized carbons (Fsp3) is 0.286. The van der Waals surface area contributed by atoms with E-state index in [4.69, 9.17) is 4.74 Å². The number of Topliss-reactive ketones (excluding diaryl/α,β-unsaturated/α-hetero) is 2. The molecule has 1 aromatic rings. The number of rotatable bonds is 3. The SMILES string of the molecule is CCCC1=C(OC)C(=O)C(=O)c2ccccc21. The lowest BCUT2D eigenvalue weighted by molar-refractivity contribution is -0.114. The van der Waals surface area contributed by atoms with Gasteiger partial charge >= 0.3 is 0 Å². The van der Waals surface area contributed by atoms with Gasteiger partial charge in [0.25, 0.3) is 5.78 Å². The molecular formula is C14H14O3. The Balaban J connectivity index is 2.67. The number of carbonyl (C=O) groups is 2. The van der Waals surface area contributed by atoms with Gasteiger partial charge in [-0.25, -0.2) is 0 Å². The lowest BCUT2D eigenvalue weighted by Crippen LogP contribution is -2.24. The highest BCUT2D eigenvalue weighted by Gasteiger charge is 2.32. The normalized spacial score (nSPS) is 14.9. The summed E-state index contributed by atoms with van der Waals surface area (Å²) >= 11 is 0. The average molecular weight is 230 g/mol. The summed E-state index contributed by atoms with van der Waals surface area (Å²) in [4.78, 5) is 23.7. The number of carbonyl (C=O) groups excluding carboxylic acids is 2. The van der Waals surface area contributed by atoms with Crippen molar-refractivity contribution in [1.82, 2.24) is 0 Å². The molecule has 1 aliphatic carbocycles. The molecule has 0 heterocycles. The second-order valence-electron chi connectivity index (χ2n) is 3.97. The highest BCUT2D eigenvalue weighted by molar-refractivity contribution is 6.51. The van der Waals surface area contributed by atoms with E-state index in [9.17, 15) is 9.59 Å².